The minimum Gasteiger partial charge on any atom is -0.298 e. The Hall–Kier alpha value is -1.89. The summed E-state index contributed by atoms with van der Waals surface area (Å²) in [5.74, 6) is 0.586. The molecule has 0 atom stereocenters. The lowest BCUT2D eigenvalue weighted by Crippen LogP contribution is -2.15. The van der Waals surface area contributed by atoms with Crippen LogP contribution in [0.3, 0.4) is 0 Å². The zero-order chi connectivity index (χ0) is 12.4. The number of benzene rings is 2. The predicted octanol–water partition coefficient (Wildman–Crippen LogP) is 3.80. The first kappa shape index (κ1) is 11.2. The molecule has 1 aliphatic carbocycles. The highest BCUT2D eigenvalue weighted by molar-refractivity contribution is 5.92. The van der Waals surface area contributed by atoms with Gasteiger partial charge >= 0.3 is 0 Å². The fourth-order valence-corrected chi connectivity index (χ4v) is 2.42. The van der Waals surface area contributed by atoms with Crippen LogP contribution in [0, 0.1) is 5.92 Å². The summed E-state index contributed by atoms with van der Waals surface area (Å²) in [6, 6.07) is 20.2. The molecule has 0 N–H and O–H groups in total. The van der Waals surface area contributed by atoms with E-state index in [0.717, 1.165) is 24.0 Å². The van der Waals surface area contributed by atoms with Crippen LogP contribution in [0.15, 0.2) is 60.7 Å². The average molecular weight is 236 g/mol. The van der Waals surface area contributed by atoms with Crippen molar-refractivity contribution < 1.29 is 4.79 Å². The van der Waals surface area contributed by atoms with Gasteiger partial charge in [-0.15, -0.1) is 0 Å². The maximum atomic E-state index is 12.5. The highest BCUT2D eigenvalue weighted by atomic mass is 16.1. The molecule has 0 radical (unpaired) electrons. The van der Waals surface area contributed by atoms with E-state index in [9.17, 15) is 4.79 Å². The van der Waals surface area contributed by atoms with Gasteiger partial charge in [0.05, 0.1) is 5.92 Å². The number of hydrogen-bond acceptors (Lipinski definition) is 1. The number of Topliss-reactive ketones (excluding diaryl/α,β-unsaturated/α-hetero) is 1. The van der Waals surface area contributed by atoms with Crippen molar-refractivity contribution in [3.05, 3.63) is 71.8 Å². The van der Waals surface area contributed by atoms with Crippen molar-refractivity contribution in [3.63, 3.8) is 0 Å². The first-order chi connectivity index (χ1) is 8.86. The zero-order valence-electron chi connectivity index (χ0n) is 10.3. The summed E-state index contributed by atoms with van der Waals surface area (Å²) in [5, 5.41) is 0. The van der Waals surface area contributed by atoms with Gasteiger partial charge in [-0.05, 0) is 24.0 Å². The van der Waals surface area contributed by atoms with E-state index in [-0.39, 0.29) is 11.8 Å². The molecular weight excluding hydrogens is 220 g/mol. The molecule has 0 bridgehead atoms. The molecule has 0 aromatic heterocycles. The molecule has 1 saturated carbocycles. The van der Waals surface area contributed by atoms with Crippen molar-refractivity contribution in [1.82, 2.24) is 0 Å². The minimum absolute atomic E-state index is 0.0834. The molecule has 0 amide bonds. The monoisotopic (exact) mass is 236 g/mol. The first-order valence-corrected chi connectivity index (χ1v) is 6.50. The maximum absolute atomic E-state index is 12.5. The summed E-state index contributed by atoms with van der Waals surface area (Å²) in [6.45, 7) is 0. The van der Waals surface area contributed by atoms with Crippen LogP contribution in [0.2, 0.25) is 0 Å². The molecule has 3 rings (SSSR count). The van der Waals surface area contributed by atoms with Crippen LogP contribution in [-0.2, 0) is 4.79 Å². The molecule has 1 nitrogen and oxygen atoms in total. The number of rotatable bonds is 4. The third-order valence-electron chi connectivity index (χ3n) is 3.53. The van der Waals surface area contributed by atoms with Crippen LogP contribution in [0.25, 0.3) is 0 Å². The topological polar surface area (TPSA) is 17.1 Å². The van der Waals surface area contributed by atoms with Crippen molar-refractivity contribution in [2.45, 2.75) is 18.8 Å². The lowest BCUT2D eigenvalue weighted by atomic mass is 9.86. The Labute approximate surface area is 107 Å². The van der Waals surface area contributed by atoms with E-state index in [2.05, 4.69) is 24.3 Å². The van der Waals surface area contributed by atoms with Crippen LogP contribution in [0.5, 0.6) is 0 Å². The summed E-state index contributed by atoms with van der Waals surface area (Å²) >= 11 is 0. The molecule has 0 aliphatic heterocycles. The van der Waals surface area contributed by atoms with Crippen LogP contribution in [0.4, 0.5) is 0 Å². The smallest absolute Gasteiger partial charge is 0.147 e. The Kier molecular flexibility index (Phi) is 2.97. The summed E-state index contributed by atoms with van der Waals surface area (Å²) in [4.78, 5) is 12.5. The van der Waals surface area contributed by atoms with Gasteiger partial charge in [0, 0.05) is 5.92 Å². The Morgan fingerprint density at radius 3 is 1.67 bits per heavy atom. The largest absolute Gasteiger partial charge is 0.298 e. The van der Waals surface area contributed by atoms with Gasteiger partial charge in [-0.3, -0.25) is 4.79 Å². The number of carbonyl (C=O) groups is 1. The molecule has 90 valence electrons. The van der Waals surface area contributed by atoms with Gasteiger partial charge in [-0.1, -0.05) is 60.7 Å². The van der Waals surface area contributed by atoms with Gasteiger partial charge in [0.2, 0.25) is 0 Å². The van der Waals surface area contributed by atoms with Gasteiger partial charge in [0.15, 0.2) is 0 Å². The van der Waals surface area contributed by atoms with E-state index in [4.69, 9.17) is 0 Å². The zero-order valence-corrected chi connectivity index (χ0v) is 10.3. The van der Waals surface area contributed by atoms with Crippen LogP contribution in [-0.4, -0.2) is 5.78 Å². The summed E-state index contributed by atoms with van der Waals surface area (Å²) in [5.41, 5.74) is 2.22. The second-order valence-corrected chi connectivity index (χ2v) is 4.93. The minimum atomic E-state index is -0.0834. The Balaban J connectivity index is 2.01. The van der Waals surface area contributed by atoms with Crippen molar-refractivity contribution in [3.8, 4) is 0 Å². The van der Waals surface area contributed by atoms with Crippen LogP contribution >= 0.6 is 0 Å². The summed E-state index contributed by atoms with van der Waals surface area (Å²) in [6.07, 6.45) is 2.13. The molecule has 0 heterocycles. The third kappa shape index (κ3) is 2.21. The molecule has 18 heavy (non-hydrogen) atoms. The third-order valence-corrected chi connectivity index (χ3v) is 3.53. The van der Waals surface area contributed by atoms with Crippen LogP contribution in [0.1, 0.15) is 29.9 Å². The molecular formula is C17H16O. The highest BCUT2D eigenvalue weighted by Gasteiger charge is 2.35. The van der Waals surface area contributed by atoms with Gasteiger partial charge in [-0.2, -0.15) is 0 Å². The van der Waals surface area contributed by atoms with Crippen molar-refractivity contribution in [1.29, 1.82) is 0 Å². The molecule has 2 aromatic carbocycles. The van der Waals surface area contributed by atoms with Gasteiger partial charge in [0.25, 0.3) is 0 Å². The first-order valence-electron chi connectivity index (χ1n) is 6.50. The van der Waals surface area contributed by atoms with Gasteiger partial charge in [-0.25, -0.2) is 0 Å². The molecule has 0 unspecified atom stereocenters. The lowest BCUT2D eigenvalue weighted by Gasteiger charge is -2.16. The molecule has 1 aliphatic rings. The fourth-order valence-electron chi connectivity index (χ4n) is 2.42. The fraction of sp³-hybridized carbons (Fsp3) is 0.235. The van der Waals surface area contributed by atoms with E-state index in [1.54, 1.807) is 0 Å². The second-order valence-electron chi connectivity index (χ2n) is 4.93. The molecule has 1 heteroatoms. The van der Waals surface area contributed by atoms with Gasteiger partial charge < -0.3 is 0 Å². The Morgan fingerprint density at radius 1 is 0.833 bits per heavy atom. The maximum Gasteiger partial charge on any atom is 0.147 e. The standard InChI is InChI=1S/C17H16O/c18-17(15-11-12-15)16(13-7-3-1-4-8-13)14-9-5-2-6-10-14/h1-10,15-16H,11-12H2. The van der Waals surface area contributed by atoms with Gasteiger partial charge in [0.1, 0.15) is 5.78 Å². The van der Waals surface area contributed by atoms with Crippen molar-refractivity contribution in [2.24, 2.45) is 5.92 Å². The van der Waals surface area contributed by atoms with E-state index < -0.39 is 0 Å². The SMILES string of the molecule is O=C(C1CC1)C(c1ccccc1)c1ccccc1. The van der Waals surface area contributed by atoms with E-state index >= 15 is 0 Å². The predicted molar refractivity (Wildman–Crippen MR) is 72.5 cm³/mol. The molecule has 1 fully saturated rings. The number of carbonyl (C=O) groups excluding carboxylic acids is 1. The highest BCUT2D eigenvalue weighted by Crippen LogP contribution is 2.38. The van der Waals surface area contributed by atoms with E-state index in [1.165, 1.54) is 0 Å². The van der Waals surface area contributed by atoms with E-state index in [1.807, 2.05) is 36.4 Å². The molecule has 0 spiro atoms. The summed E-state index contributed by atoms with van der Waals surface area (Å²) < 4.78 is 0. The lowest BCUT2D eigenvalue weighted by molar-refractivity contribution is -0.120. The van der Waals surface area contributed by atoms with Crippen molar-refractivity contribution >= 4 is 5.78 Å². The number of ketones is 1. The van der Waals surface area contributed by atoms with E-state index in [0.29, 0.717) is 5.78 Å². The quantitative estimate of drug-likeness (QED) is 0.789. The van der Waals surface area contributed by atoms with Crippen molar-refractivity contribution in [2.75, 3.05) is 0 Å². The number of hydrogen-bond donors (Lipinski definition) is 0. The molecule has 0 saturated heterocycles. The average Bonchev–Trinajstić information content (AvgIpc) is 3.26. The Morgan fingerprint density at radius 2 is 1.28 bits per heavy atom. The summed E-state index contributed by atoms with van der Waals surface area (Å²) in [7, 11) is 0. The second kappa shape index (κ2) is 4.77. The van der Waals surface area contributed by atoms with Crippen LogP contribution < -0.4 is 0 Å². The normalized spacial score (nSPS) is 14.7. The molecule has 2 aromatic rings. The Bertz CT molecular complexity index is 487.